The van der Waals surface area contributed by atoms with Crippen molar-refractivity contribution in [3.63, 3.8) is 0 Å². The highest BCUT2D eigenvalue weighted by atomic mass is 16.5. The molecule has 0 aliphatic carbocycles. The Morgan fingerprint density at radius 2 is 2.37 bits per heavy atom. The van der Waals surface area contributed by atoms with E-state index in [0.717, 1.165) is 42.9 Å². The van der Waals surface area contributed by atoms with Gasteiger partial charge in [-0.2, -0.15) is 0 Å². The highest BCUT2D eigenvalue weighted by molar-refractivity contribution is 5.77. The normalized spacial score (nSPS) is 19.4. The third-order valence-electron chi connectivity index (χ3n) is 3.88. The van der Waals surface area contributed by atoms with Crippen LogP contribution in [0.3, 0.4) is 0 Å². The van der Waals surface area contributed by atoms with Gasteiger partial charge in [-0.15, -0.1) is 0 Å². The highest BCUT2D eigenvalue weighted by Gasteiger charge is 2.19. The second-order valence-corrected chi connectivity index (χ2v) is 5.14. The van der Waals surface area contributed by atoms with Crippen molar-refractivity contribution in [2.45, 2.75) is 45.4 Å². The van der Waals surface area contributed by atoms with Gasteiger partial charge in [0, 0.05) is 26.1 Å². The van der Waals surface area contributed by atoms with Crippen LogP contribution in [0.15, 0.2) is 18.2 Å². The lowest BCUT2D eigenvalue weighted by atomic mass is 10.2. The molecule has 19 heavy (non-hydrogen) atoms. The lowest BCUT2D eigenvalue weighted by Gasteiger charge is -2.10. The summed E-state index contributed by atoms with van der Waals surface area (Å²) in [6.07, 6.45) is 3.59. The van der Waals surface area contributed by atoms with E-state index in [9.17, 15) is 0 Å². The Hall–Kier alpha value is -1.39. The van der Waals surface area contributed by atoms with Gasteiger partial charge in [0.05, 0.1) is 17.1 Å². The number of ether oxygens (including phenoxy) is 1. The largest absolute Gasteiger partial charge is 0.378 e. The minimum Gasteiger partial charge on any atom is -0.378 e. The number of rotatable bonds is 4. The fraction of sp³-hybridized carbons (Fsp3) is 0.533. The number of aryl methyl sites for hydroxylation is 1. The number of fused-ring (bicyclic) bond motifs is 1. The van der Waals surface area contributed by atoms with Crippen LogP contribution >= 0.6 is 0 Å². The standard InChI is InChI=1S/C15H21N3O/c1-2-18-14-6-5-11(10-16)8-13(14)17-15(18)9-12-4-3-7-19-12/h5-6,8,12H,2-4,7,9-10,16H2,1H3. The van der Waals surface area contributed by atoms with E-state index < -0.39 is 0 Å². The molecule has 0 amide bonds. The molecule has 1 aromatic heterocycles. The Morgan fingerprint density at radius 1 is 1.47 bits per heavy atom. The zero-order chi connectivity index (χ0) is 13.2. The number of aromatic nitrogens is 2. The SMILES string of the molecule is CCn1c(CC2CCCO2)nc2cc(CN)ccc21. The van der Waals surface area contributed by atoms with Gasteiger partial charge < -0.3 is 15.0 Å². The third-order valence-corrected chi connectivity index (χ3v) is 3.88. The average molecular weight is 259 g/mol. The van der Waals surface area contributed by atoms with Gasteiger partial charge >= 0.3 is 0 Å². The predicted molar refractivity (Wildman–Crippen MR) is 76.0 cm³/mol. The molecule has 1 aliphatic heterocycles. The van der Waals surface area contributed by atoms with E-state index in [-0.39, 0.29) is 0 Å². The monoisotopic (exact) mass is 259 g/mol. The van der Waals surface area contributed by atoms with Crippen molar-refractivity contribution < 1.29 is 4.74 Å². The molecule has 2 N–H and O–H groups in total. The average Bonchev–Trinajstić information content (AvgIpc) is 3.05. The molecule has 2 aromatic rings. The van der Waals surface area contributed by atoms with Gasteiger partial charge in [0.25, 0.3) is 0 Å². The minimum atomic E-state index is 0.344. The number of benzene rings is 1. The summed E-state index contributed by atoms with van der Waals surface area (Å²) >= 11 is 0. The van der Waals surface area contributed by atoms with Crippen LogP contribution in [-0.2, 0) is 24.2 Å². The maximum atomic E-state index is 5.72. The summed E-state index contributed by atoms with van der Waals surface area (Å²) in [5, 5.41) is 0. The molecule has 1 aromatic carbocycles. The van der Waals surface area contributed by atoms with Crippen LogP contribution in [0.1, 0.15) is 31.2 Å². The molecule has 0 spiro atoms. The van der Waals surface area contributed by atoms with E-state index >= 15 is 0 Å². The number of hydrogen-bond acceptors (Lipinski definition) is 3. The van der Waals surface area contributed by atoms with Gasteiger partial charge in [0.15, 0.2) is 0 Å². The van der Waals surface area contributed by atoms with Crippen LogP contribution in [0.2, 0.25) is 0 Å². The van der Waals surface area contributed by atoms with E-state index in [1.54, 1.807) is 0 Å². The molecule has 4 nitrogen and oxygen atoms in total. The van der Waals surface area contributed by atoms with Crippen LogP contribution < -0.4 is 5.73 Å². The Kier molecular flexibility index (Phi) is 3.53. The molecule has 0 radical (unpaired) electrons. The molecular weight excluding hydrogens is 238 g/mol. The molecule has 3 rings (SSSR count). The lowest BCUT2D eigenvalue weighted by molar-refractivity contribution is 0.109. The number of nitrogens with zero attached hydrogens (tertiary/aromatic N) is 2. The second kappa shape index (κ2) is 5.31. The maximum Gasteiger partial charge on any atom is 0.112 e. The highest BCUT2D eigenvalue weighted by Crippen LogP contribution is 2.22. The second-order valence-electron chi connectivity index (χ2n) is 5.14. The van der Waals surface area contributed by atoms with Crippen LogP contribution in [0.4, 0.5) is 0 Å². The topological polar surface area (TPSA) is 53.1 Å². The van der Waals surface area contributed by atoms with E-state index in [1.807, 2.05) is 0 Å². The minimum absolute atomic E-state index is 0.344. The summed E-state index contributed by atoms with van der Waals surface area (Å²) < 4.78 is 8.01. The zero-order valence-corrected chi connectivity index (χ0v) is 11.4. The Bertz CT molecular complexity index is 570. The van der Waals surface area contributed by atoms with Gasteiger partial charge in [-0.1, -0.05) is 6.07 Å². The van der Waals surface area contributed by atoms with Crippen LogP contribution in [0.25, 0.3) is 11.0 Å². The molecule has 1 aliphatic rings. The molecule has 102 valence electrons. The first-order valence-corrected chi connectivity index (χ1v) is 7.11. The molecule has 1 atom stereocenters. The predicted octanol–water partition coefficient (Wildman–Crippen LogP) is 2.24. The first kappa shape index (κ1) is 12.6. The summed E-state index contributed by atoms with van der Waals surface area (Å²) in [5.74, 6) is 1.14. The Morgan fingerprint density at radius 3 is 3.05 bits per heavy atom. The Balaban J connectivity index is 1.97. The van der Waals surface area contributed by atoms with Crippen LogP contribution in [0.5, 0.6) is 0 Å². The van der Waals surface area contributed by atoms with Gasteiger partial charge in [-0.25, -0.2) is 4.98 Å². The van der Waals surface area contributed by atoms with Gasteiger partial charge in [-0.3, -0.25) is 0 Å². The summed E-state index contributed by atoms with van der Waals surface area (Å²) in [4.78, 5) is 4.78. The fourth-order valence-corrected chi connectivity index (χ4v) is 2.87. The van der Waals surface area contributed by atoms with Crippen LogP contribution in [0, 0.1) is 0 Å². The van der Waals surface area contributed by atoms with Gasteiger partial charge in [0.1, 0.15) is 5.82 Å². The zero-order valence-electron chi connectivity index (χ0n) is 11.4. The van der Waals surface area contributed by atoms with E-state index in [1.165, 1.54) is 11.9 Å². The Labute approximate surface area is 113 Å². The first-order valence-electron chi connectivity index (χ1n) is 7.11. The first-order chi connectivity index (χ1) is 9.31. The molecule has 0 bridgehead atoms. The van der Waals surface area contributed by atoms with E-state index in [2.05, 4.69) is 29.7 Å². The quantitative estimate of drug-likeness (QED) is 0.916. The molecule has 1 saturated heterocycles. The van der Waals surface area contributed by atoms with Crippen LogP contribution in [-0.4, -0.2) is 22.3 Å². The molecular formula is C15H21N3O. The molecule has 4 heteroatoms. The molecule has 1 unspecified atom stereocenters. The fourth-order valence-electron chi connectivity index (χ4n) is 2.87. The summed E-state index contributed by atoms with van der Waals surface area (Å²) in [6, 6.07) is 6.32. The lowest BCUT2D eigenvalue weighted by Crippen LogP contribution is -2.13. The molecule has 0 saturated carbocycles. The third kappa shape index (κ3) is 2.38. The smallest absolute Gasteiger partial charge is 0.112 e. The van der Waals surface area contributed by atoms with Crippen molar-refractivity contribution in [3.8, 4) is 0 Å². The summed E-state index contributed by atoms with van der Waals surface area (Å²) in [5.41, 5.74) is 9.09. The van der Waals surface area contributed by atoms with Crippen molar-refractivity contribution >= 4 is 11.0 Å². The number of imidazole rings is 1. The number of hydrogen-bond donors (Lipinski definition) is 1. The number of nitrogens with two attached hydrogens (primary N) is 1. The van der Waals surface area contributed by atoms with Crippen molar-refractivity contribution in [1.29, 1.82) is 0 Å². The molecule has 2 heterocycles. The van der Waals surface area contributed by atoms with E-state index in [0.29, 0.717) is 12.6 Å². The maximum absolute atomic E-state index is 5.72. The van der Waals surface area contributed by atoms with Gasteiger partial charge in [-0.05, 0) is 37.5 Å². The van der Waals surface area contributed by atoms with E-state index in [4.69, 9.17) is 15.5 Å². The molecule has 1 fully saturated rings. The summed E-state index contributed by atoms with van der Waals surface area (Å²) in [7, 11) is 0. The van der Waals surface area contributed by atoms with Gasteiger partial charge in [0.2, 0.25) is 0 Å². The summed E-state index contributed by atoms with van der Waals surface area (Å²) in [6.45, 7) is 4.57. The van der Waals surface area contributed by atoms with Crippen molar-refractivity contribution in [3.05, 3.63) is 29.6 Å². The van der Waals surface area contributed by atoms with Crippen molar-refractivity contribution in [2.75, 3.05) is 6.61 Å². The van der Waals surface area contributed by atoms with Crippen molar-refractivity contribution in [2.24, 2.45) is 5.73 Å². The van der Waals surface area contributed by atoms with Crippen molar-refractivity contribution in [1.82, 2.24) is 9.55 Å².